The Morgan fingerprint density at radius 1 is 1.89 bits per heavy atom. The van der Waals surface area contributed by atoms with Crippen molar-refractivity contribution >= 4 is 12.4 Å². The zero-order valence-electron chi connectivity index (χ0n) is 5.22. The summed E-state index contributed by atoms with van der Waals surface area (Å²) in [7, 11) is 0. The number of nitrogens with one attached hydrogen (secondary N) is 1. The zero-order valence-corrected chi connectivity index (χ0v) is 5.22. The number of carbonyl (C=O) groups excluding carboxylic acids is 2. The van der Waals surface area contributed by atoms with Gasteiger partial charge in [0.2, 0.25) is 6.41 Å². The maximum absolute atomic E-state index is 10.4. The summed E-state index contributed by atoms with van der Waals surface area (Å²) < 4.78 is 4.48. The van der Waals surface area contributed by atoms with Gasteiger partial charge in [-0.1, -0.05) is 0 Å². The summed E-state index contributed by atoms with van der Waals surface area (Å²) in [6.45, 7) is 2.01. The lowest BCUT2D eigenvalue weighted by molar-refractivity contribution is -0.142. The number of hydrogen-bond acceptors (Lipinski definition) is 3. The first-order chi connectivity index (χ1) is 4.31. The predicted octanol–water partition coefficient (Wildman–Crippen LogP) is -0.459. The lowest BCUT2D eigenvalue weighted by atomic mass is 10.6. The second-order valence-electron chi connectivity index (χ2n) is 1.30. The summed E-state index contributed by atoms with van der Waals surface area (Å²) in [5.41, 5.74) is 0. The molecule has 9 heavy (non-hydrogen) atoms. The maximum Gasteiger partial charge on any atom is 0.325 e. The number of rotatable bonds is 4. The first-order valence-electron chi connectivity index (χ1n) is 2.64. The summed E-state index contributed by atoms with van der Waals surface area (Å²) in [6.07, 6.45) is 0.455. The van der Waals surface area contributed by atoms with Gasteiger partial charge in [0.1, 0.15) is 6.54 Å². The average molecular weight is 133 g/mol. The zero-order chi connectivity index (χ0) is 7.11. The maximum atomic E-state index is 10.4. The van der Waals surface area contributed by atoms with E-state index in [1.165, 1.54) is 0 Å². The summed E-state index contributed by atoms with van der Waals surface area (Å²) in [6, 6.07) is 0. The molecule has 0 saturated carbocycles. The summed E-state index contributed by atoms with van der Waals surface area (Å²) in [4.78, 5) is 20.0. The second-order valence-corrected chi connectivity index (χ2v) is 1.30. The molecule has 4 heteroatoms. The van der Waals surface area contributed by atoms with Crippen molar-refractivity contribution in [3.05, 3.63) is 0 Å². The molecule has 1 N–H and O–H groups in total. The topological polar surface area (TPSA) is 55.4 Å². The molecule has 0 radical (unpaired) electrons. The molecule has 0 heterocycles. The van der Waals surface area contributed by atoms with Crippen molar-refractivity contribution in [3.8, 4) is 0 Å². The number of hydrogen-bond donors (Lipinski definition) is 1. The summed E-state index contributed by atoms with van der Waals surface area (Å²) in [5.74, 6) is -0.412. The van der Waals surface area contributed by atoms with Crippen molar-refractivity contribution in [3.63, 3.8) is 0 Å². The molecule has 0 fully saturated rings. The molecule has 0 aliphatic rings. The van der Waals surface area contributed by atoms with Crippen molar-refractivity contribution in [2.24, 2.45) is 0 Å². The first kappa shape index (κ1) is 7.94. The number of carbonyl (C=O) groups is 2. The van der Waals surface area contributed by atoms with Gasteiger partial charge in [0.05, 0.1) is 6.61 Å². The van der Waals surface area contributed by atoms with Crippen LogP contribution in [0.5, 0.6) is 0 Å². The van der Waals surface area contributed by atoms with Crippen LogP contribution in [0.2, 0.25) is 0 Å². The van der Waals surface area contributed by atoms with Crippen LogP contribution in [0.15, 0.2) is 0 Å². The Bertz CT molecular complexity index is 107. The number of amides is 1. The van der Waals surface area contributed by atoms with Crippen LogP contribution >= 0.6 is 0 Å². The van der Waals surface area contributed by atoms with Gasteiger partial charge in [-0.15, -0.1) is 0 Å². The van der Waals surface area contributed by atoms with Crippen LogP contribution in [0.25, 0.3) is 0 Å². The lowest BCUT2D eigenvalue weighted by Gasteiger charge is -1.97. The largest absolute Gasteiger partial charge is 0.465 e. The number of ether oxygens (including phenoxy) is 1. The van der Waals surface area contributed by atoms with Crippen LogP contribution in [0.1, 0.15) is 8.35 Å². The molecule has 0 aliphatic carbocycles. The van der Waals surface area contributed by atoms with Gasteiger partial charge < -0.3 is 10.1 Å². The molecule has 0 aromatic carbocycles. The van der Waals surface area contributed by atoms with Crippen molar-refractivity contribution in [1.29, 1.82) is 0 Å². The van der Waals surface area contributed by atoms with E-state index >= 15 is 0 Å². The fourth-order valence-electron chi connectivity index (χ4n) is 0.337. The monoisotopic (exact) mass is 133 g/mol. The van der Waals surface area contributed by atoms with E-state index in [9.17, 15) is 9.59 Å². The second kappa shape index (κ2) is 5.08. The van der Waals surface area contributed by atoms with E-state index < -0.39 is 5.97 Å². The highest BCUT2D eigenvalue weighted by Gasteiger charge is 1.96. The van der Waals surface area contributed by atoms with Crippen LogP contribution in [0, 0.1) is 0 Å². The van der Waals surface area contributed by atoms with Crippen molar-refractivity contribution in [1.82, 2.24) is 5.32 Å². The third kappa shape index (κ3) is 4.80. The Hall–Kier alpha value is -1.06. The molecule has 0 aromatic heterocycles. The van der Waals surface area contributed by atoms with Crippen LogP contribution in [0.4, 0.5) is 0 Å². The Labute approximate surface area is 54.7 Å². The van der Waals surface area contributed by atoms with Gasteiger partial charge in [-0.2, -0.15) is 0 Å². The van der Waals surface area contributed by atoms with Gasteiger partial charge in [0, 0.05) is 1.43 Å². The molecular weight excluding hydrogens is 122 g/mol. The highest BCUT2D eigenvalue weighted by atomic mass is 16.5. The molecular formula is C5H11NO3. The standard InChI is InChI=1S/C5H9NO3.H2/c1-2-9-5(8)3-6-4-7;/h4H,2-3H2,1H3,(H,6,7);1H. The Balaban J connectivity index is 0. The van der Waals surface area contributed by atoms with E-state index in [2.05, 4.69) is 10.1 Å². The average Bonchev–Trinajstić information content (AvgIpc) is 1.85. The van der Waals surface area contributed by atoms with E-state index in [-0.39, 0.29) is 7.97 Å². The van der Waals surface area contributed by atoms with Gasteiger partial charge in [-0.05, 0) is 6.92 Å². The molecule has 4 nitrogen and oxygen atoms in total. The summed E-state index contributed by atoms with van der Waals surface area (Å²) in [5, 5.41) is 2.18. The summed E-state index contributed by atoms with van der Waals surface area (Å²) >= 11 is 0. The van der Waals surface area contributed by atoms with E-state index in [0.717, 1.165) is 0 Å². The fourth-order valence-corrected chi connectivity index (χ4v) is 0.337. The van der Waals surface area contributed by atoms with Gasteiger partial charge in [-0.3, -0.25) is 9.59 Å². The van der Waals surface area contributed by atoms with E-state index in [0.29, 0.717) is 13.0 Å². The van der Waals surface area contributed by atoms with Gasteiger partial charge in [-0.25, -0.2) is 0 Å². The van der Waals surface area contributed by atoms with E-state index in [1.807, 2.05) is 0 Å². The quantitative estimate of drug-likeness (QED) is 0.417. The molecule has 0 bridgehead atoms. The molecule has 0 unspecified atom stereocenters. The molecule has 54 valence electrons. The highest BCUT2D eigenvalue weighted by molar-refractivity contribution is 5.73. The predicted molar refractivity (Wildman–Crippen MR) is 32.8 cm³/mol. The van der Waals surface area contributed by atoms with Crippen LogP contribution in [-0.2, 0) is 14.3 Å². The lowest BCUT2D eigenvalue weighted by Crippen LogP contribution is -2.23. The number of esters is 1. The van der Waals surface area contributed by atoms with Gasteiger partial charge >= 0.3 is 5.97 Å². The van der Waals surface area contributed by atoms with Crippen LogP contribution < -0.4 is 5.32 Å². The Morgan fingerprint density at radius 2 is 2.56 bits per heavy atom. The van der Waals surface area contributed by atoms with Crippen molar-refractivity contribution in [2.45, 2.75) is 6.92 Å². The van der Waals surface area contributed by atoms with Crippen molar-refractivity contribution in [2.75, 3.05) is 13.2 Å². The van der Waals surface area contributed by atoms with Gasteiger partial charge in [0.15, 0.2) is 0 Å². The minimum absolute atomic E-state index is 0. The van der Waals surface area contributed by atoms with E-state index in [4.69, 9.17) is 0 Å². The van der Waals surface area contributed by atoms with E-state index in [1.54, 1.807) is 6.92 Å². The fraction of sp³-hybridized carbons (Fsp3) is 0.600. The molecule has 1 amide bonds. The van der Waals surface area contributed by atoms with Crippen LogP contribution in [0.3, 0.4) is 0 Å². The smallest absolute Gasteiger partial charge is 0.325 e. The molecule has 0 aliphatic heterocycles. The minimum Gasteiger partial charge on any atom is -0.465 e. The molecule has 0 rings (SSSR count). The minimum atomic E-state index is -0.412. The Morgan fingerprint density at radius 3 is 3.00 bits per heavy atom. The molecule has 0 atom stereocenters. The van der Waals surface area contributed by atoms with Crippen molar-refractivity contribution < 1.29 is 15.8 Å². The highest BCUT2D eigenvalue weighted by Crippen LogP contribution is 1.72. The molecule has 0 saturated heterocycles. The molecule has 0 aromatic rings. The third-order valence-corrected chi connectivity index (χ3v) is 0.635. The third-order valence-electron chi connectivity index (χ3n) is 0.635. The van der Waals surface area contributed by atoms with Crippen LogP contribution in [-0.4, -0.2) is 25.5 Å². The Kier molecular flexibility index (Phi) is 4.49. The normalized spacial score (nSPS) is 8.11. The first-order valence-corrected chi connectivity index (χ1v) is 2.64. The SMILES string of the molecule is CCOC(=O)CNC=O.[HH]. The van der Waals surface area contributed by atoms with Gasteiger partial charge in [0.25, 0.3) is 0 Å². The molecule has 0 spiro atoms.